The van der Waals surface area contributed by atoms with Crippen molar-refractivity contribution in [1.82, 2.24) is 10.2 Å². The minimum Gasteiger partial charge on any atom is -0.378 e. The summed E-state index contributed by atoms with van der Waals surface area (Å²) < 4.78 is 0. The van der Waals surface area contributed by atoms with E-state index < -0.39 is 0 Å². The molecule has 5 nitrogen and oxygen atoms in total. The molecule has 0 amide bonds. The van der Waals surface area contributed by atoms with Gasteiger partial charge in [-0.1, -0.05) is 35.3 Å². The van der Waals surface area contributed by atoms with Gasteiger partial charge in [-0.05, 0) is 17.7 Å². The lowest BCUT2D eigenvalue weighted by atomic mass is 10.2. The second-order valence-electron chi connectivity index (χ2n) is 4.22. The molecule has 0 bridgehead atoms. The Balaban J connectivity index is 2.04. The summed E-state index contributed by atoms with van der Waals surface area (Å²) in [5.41, 5.74) is 5.38. The number of nitrogens with one attached hydrogen (secondary N) is 1. The molecule has 7 heteroatoms. The number of hydrogen-bond acceptors (Lipinski definition) is 5. The van der Waals surface area contributed by atoms with Crippen LogP contribution in [0.1, 0.15) is 5.56 Å². The Hall–Kier alpha value is -1.85. The summed E-state index contributed by atoms with van der Waals surface area (Å²) in [4.78, 5) is 2.03. The van der Waals surface area contributed by atoms with E-state index in [0.29, 0.717) is 10.7 Å². The number of rotatable bonds is 4. The van der Waals surface area contributed by atoms with Gasteiger partial charge in [-0.2, -0.15) is 10.2 Å². The van der Waals surface area contributed by atoms with Gasteiger partial charge in [0, 0.05) is 19.8 Å². The number of anilines is 2. The van der Waals surface area contributed by atoms with Crippen LogP contribution in [0.4, 0.5) is 11.4 Å². The Kier molecular flexibility index (Phi) is 4.76. The lowest BCUT2D eigenvalue weighted by molar-refractivity contribution is 1.03. The third kappa shape index (κ3) is 3.59. The van der Waals surface area contributed by atoms with Crippen LogP contribution < -0.4 is 10.3 Å². The molecule has 104 valence electrons. The van der Waals surface area contributed by atoms with E-state index in [1.807, 2.05) is 43.3 Å². The van der Waals surface area contributed by atoms with E-state index in [4.69, 9.17) is 23.2 Å². The number of hydrazone groups is 1. The number of nitrogens with zero attached hydrogens (tertiary/aromatic N) is 4. The molecule has 0 aliphatic rings. The van der Waals surface area contributed by atoms with Crippen molar-refractivity contribution in [3.05, 3.63) is 46.2 Å². The van der Waals surface area contributed by atoms with Crippen LogP contribution in [-0.2, 0) is 0 Å². The predicted molar refractivity (Wildman–Crippen MR) is 84.0 cm³/mol. The Bertz CT molecular complexity index is 611. The molecular weight excluding hydrogens is 297 g/mol. The molecule has 0 saturated carbocycles. The normalized spacial score (nSPS) is 10.8. The Morgan fingerprint density at radius 3 is 2.55 bits per heavy atom. The molecule has 1 N–H and O–H groups in total. The summed E-state index contributed by atoms with van der Waals surface area (Å²) in [6, 6.07) is 7.97. The molecule has 2 aromatic rings. The van der Waals surface area contributed by atoms with Crippen LogP contribution in [0.25, 0.3) is 0 Å². The maximum absolute atomic E-state index is 5.95. The summed E-state index contributed by atoms with van der Waals surface area (Å²) in [5.74, 6) is 0. The third-order valence-corrected chi connectivity index (χ3v) is 3.30. The average molecular weight is 310 g/mol. The monoisotopic (exact) mass is 309 g/mol. The molecular formula is C13H13Cl2N5. The van der Waals surface area contributed by atoms with Gasteiger partial charge in [0.05, 0.1) is 18.1 Å². The van der Waals surface area contributed by atoms with Gasteiger partial charge in [-0.3, -0.25) is 5.43 Å². The van der Waals surface area contributed by atoms with Crippen molar-refractivity contribution in [3.8, 4) is 0 Å². The van der Waals surface area contributed by atoms with Crippen molar-refractivity contribution in [1.29, 1.82) is 0 Å². The van der Waals surface area contributed by atoms with E-state index in [2.05, 4.69) is 20.7 Å². The Morgan fingerprint density at radius 1 is 1.20 bits per heavy atom. The van der Waals surface area contributed by atoms with Crippen molar-refractivity contribution in [2.45, 2.75) is 0 Å². The van der Waals surface area contributed by atoms with Crippen molar-refractivity contribution < 1.29 is 0 Å². The molecule has 1 aromatic carbocycles. The van der Waals surface area contributed by atoms with Crippen LogP contribution in [0.15, 0.2) is 35.6 Å². The van der Waals surface area contributed by atoms with Gasteiger partial charge in [0.15, 0.2) is 5.15 Å². The van der Waals surface area contributed by atoms with Crippen molar-refractivity contribution in [2.75, 3.05) is 24.4 Å². The fraction of sp³-hybridized carbons (Fsp3) is 0.154. The van der Waals surface area contributed by atoms with E-state index in [1.54, 1.807) is 6.21 Å². The minimum atomic E-state index is 0.141. The first-order chi connectivity index (χ1) is 9.58. The minimum absolute atomic E-state index is 0.141. The maximum atomic E-state index is 5.95. The summed E-state index contributed by atoms with van der Waals surface area (Å²) in [5, 5.41) is 11.8. The van der Waals surface area contributed by atoms with Crippen LogP contribution in [0.5, 0.6) is 0 Å². The standard InChI is InChI=1S/C13H13Cl2N5/c1-20(2)10-5-3-9(4-6-10)7-16-18-11-8-17-19-13(15)12(11)14/h3-8H,1-2H3,(H,18,19)/b16-7+. The first kappa shape index (κ1) is 14.6. The first-order valence-corrected chi connectivity index (χ1v) is 6.56. The molecule has 0 saturated heterocycles. The zero-order valence-corrected chi connectivity index (χ0v) is 12.5. The zero-order chi connectivity index (χ0) is 14.5. The lowest BCUT2D eigenvalue weighted by Crippen LogP contribution is -2.08. The lowest BCUT2D eigenvalue weighted by Gasteiger charge is -2.11. The second kappa shape index (κ2) is 6.54. The van der Waals surface area contributed by atoms with E-state index in [0.717, 1.165) is 11.3 Å². The van der Waals surface area contributed by atoms with Gasteiger partial charge in [0.2, 0.25) is 0 Å². The Labute approximate surface area is 127 Å². The highest BCUT2D eigenvalue weighted by Crippen LogP contribution is 2.26. The Morgan fingerprint density at radius 2 is 1.90 bits per heavy atom. The first-order valence-electron chi connectivity index (χ1n) is 5.81. The summed E-state index contributed by atoms with van der Waals surface area (Å²) >= 11 is 11.7. The summed E-state index contributed by atoms with van der Waals surface area (Å²) in [6.45, 7) is 0. The van der Waals surface area contributed by atoms with E-state index in [1.165, 1.54) is 6.20 Å². The van der Waals surface area contributed by atoms with Gasteiger partial charge in [-0.15, -0.1) is 5.10 Å². The van der Waals surface area contributed by atoms with Crippen LogP contribution in [0, 0.1) is 0 Å². The number of aromatic nitrogens is 2. The molecule has 1 heterocycles. The van der Waals surface area contributed by atoms with E-state index >= 15 is 0 Å². The number of halogens is 2. The summed E-state index contributed by atoms with van der Waals surface area (Å²) in [6.07, 6.45) is 3.14. The SMILES string of the molecule is CN(C)c1ccc(/C=N/Nc2cnnc(Cl)c2Cl)cc1. The van der Waals surface area contributed by atoms with Gasteiger partial charge in [0.25, 0.3) is 0 Å². The van der Waals surface area contributed by atoms with Crippen LogP contribution in [0.2, 0.25) is 10.2 Å². The zero-order valence-electron chi connectivity index (χ0n) is 11.0. The van der Waals surface area contributed by atoms with E-state index in [-0.39, 0.29) is 5.15 Å². The molecule has 0 fully saturated rings. The third-order valence-electron chi connectivity index (χ3n) is 2.56. The van der Waals surface area contributed by atoms with Crippen LogP contribution >= 0.6 is 23.2 Å². The van der Waals surface area contributed by atoms with Gasteiger partial charge in [0.1, 0.15) is 5.02 Å². The molecule has 2 rings (SSSR count). The van der Waals surface area contributed by atoms with Gasteiger partial charge >= 0.3 is 0 Å². The highest BCUT2D eigenvalue weighted by Gasteiger charge is 2.04. The van der Waals surface area contributed by atoms with Crippen molar-refractivity contribution in [3.63, 3.8) is 0 Å². The number of hydrogen-bond donors (Lipinski definition) is 1. The predicted octanol–water partition coefficient (Wildman–Crippen LogP) is 3.30. The van der Waals surface area contributed by atoms with E-state index in [9.17, 15) is 0 Å². The molecule has 0 unspecified atom stereocenters. The molecule has 0 aliphatic carbocycles. The van der Waals surface area contributed by atoms with Gasteiger partial charge < -0.3 is 4.90 Å². The average Bonchev–Trinajstić information content (AvgIpc) is 2.44. The van der Waals surface area contributed by atoms with Crippen molar-refractivity contribution in [2.24, 2.45) is 5.10 Å². The molecule has 0 spiro atoms. The quantitative estimate of drug-likeness (QED) is 0.695. The fourth-order valence-electron chi connectivity index (χ4n) is 1.46. The second-order valence-corrected chi connectivity index (χ2v) is 4.95. The summed E-state index contributed by atoms with van der Waals surface area (Å²) in [7, 11) is 3.99. The fourth-order valence-corrected chi connectivity index (χ4v) is 1.74. The van der Waals surface area contributed by atoms with Gasteiger partial charge in [-0.25, -0.2) is 0 Å². The van der Waals surface area contributed by atoms with Crippen molar-refractivity contribution >= 4 is 40.8 Å². The highest BCUT2D eigenvalue weighted by atomic mass is 35.5. The molecule has 20 heavy (non-hydrogen) atoms. The smallest absolute Gasteiger partial charge is 0.172 e. The molecule has 0 atom stereocenters. The topological polar surface area (TPSA) is 53.4 Å². The molecule has 1 aromatic heterocycles. The van der Waals surface area contributed by atoms with Crippen LogP contribution in [-0.4, -0.2) is 30.5 Å². The number of benzene rings is 1. The highest BCUT2D eigenvalue weighted by molar-refractivity contribution is 6.42. The molecule has 0 radical (unpaired) electrons. The van der Waals surface area contributed by atoms with Crippen LogP contribution in [0.3, 0.4) is 0 Å². The largest absolute Gasteiger partial charge is 0.378 e. The maximum Gasteiger partial charge on any atom is 0.172 e. The molecule has 0 aliphatic heterocycles.